The molecule has 2 rings (SSSR count). The monoisotopic (exact) mass is 269 g/mol. The second-order valence-electron chi connectivity index (χ2n) is 4.31. The first-order valence-electron chi connectivity index (χ1n) is 5.97. The summed E-state index contributed by atoms with van der Waals surface area (Å²) in [6, 6.07) is 2.61. The molecule has 1 fully saturated rings. The molecule has 2 atom stereocenters. The summed E-state index contributed by atoms with van der Waals surface area (Å²) in [5.74, 6) is 0.969. The number of rotatable bonds is 4. The Morgan fingerprint density at radius 3 is 2.94 bits per heavy atom. The van der Waals surface area contributed by atoms with Crippen LogP contribution in [0.2, 0.25) is 0 Å². The first-order valence-corrected chi connectivity index (χ1v) is 8.48. The van der Waals surface area contributed by atoms with Gasteiger partial charge in [-0.1, -0.05) is 6.42 Å². The molecular weight excluding hydrogens is 250 g/mol. The quantitative estimate of drug-likeness (QED) is 0.670. The zero-order valence-electron chi connectivity index (χ0n) is 10.3. The standard InChI is InChI=1S/C12H19N3S2/c1-16-10-5-3-4-9(6-10)15-11-7-12(17-2)14-8-13-11/h7-10H,3-6H2,1-2H3,(H,13,14,15). The minimum Gasteiger partial charge on any atom is -0.367 e. The summed E-state index contributed by atoms with van der Waals surface area (Å²) < 4.78 is 0. The van der Waals surface area contributed by atoms with Crippen molar-refractivity contribution in [3.8, 4) is 0 Å². The SMILES string of the molecule is CSc1cc(NC2CCCC(SC)C2)ncn1. The maximum absolute atomic E-state index is 4.29. The average molecular weight is 269 g/mol. The Bertz CT molecular complexity index is 359. The molecule has 1 aliphatic carbocycles. The van der Waals surface area contributed by atoms with Gasteiger partial charge in [-0.05, 0) is 31.8 Å². The fourth-order valence-corrected chi connectivity index (χ4v) is 3.44. The van der Waals surface area contributed by atoms with E-state index in [0.717, 1.165) is 16.1 Å². The molecule has 1 heterocycles. The Balaban J connectivity index is 1.95. The lowest BCUT2D eigenvalue weighted by Crippen LogP contribution is -2.28. The van der Waals surface area contributed by atoms with Crippen LogP contribution in [-0.2, 0) is 0 Å². The van der Waals surface area contributed by atoms with E-state index in [1.165, 1.54) is 25.7 Å². The van der Waals surface area contributed by atoms with Crippen LogP contribution in [0.1, 0.15) is 25.7 Å². The molecule has 1 N–H and O–H groups in total. The summed E-state index contributed by atoms with van der Waals surface area (Å²) in [6.45, 7) is 0. The van der Waals surface area contributed by atoms with E-state index in [4.69, 9.17) is 0 Å². The van der Waals surface area contributed by atoms with Gasteiger partial charge in [-0.15, -0.1) is 11.8 Å². The number of nitrogens with zero attached hydrogens (tertiary/aromatic N) is 2. The molecule has 5 heteroatoms. The molecule has 2 unspecified atom stereocenters. The highest BCUT2D eigenvalue weighted by Gasteiger charge is 2.21. The summed E-state index contributed by atoms with van der Waals surface area (Å²) in [5.41, 5.74) is 0. The number of aromatic nitrogens is 2. The van der Waals surface area contributed by atoms with Crippen LogP contribution in [0.15, 0.2) is 17.4 Å². The largest absolute Gasteiger partial charge is 0.367 e. The van der Waals surface area contributed by atoms with E-state index in [1.54, 1.807) is 18.1 Å². The van der Waals surface area contributed by atoms with Gasteiger partial charge in [-0.25, -0.2) is 9.97 Å². The summed E-state index contributed by atoms with van der Waals surface area (Å²) in [6.07, 6.45) is 11.1. The van der Waals surface area contributed by atoms with Gasteiger partial charge in [0.15, 0.2) is 0 Å². The molecule has 3 nitrogen and oxygen atoms in total. The number of thioether (sulfide) groups is 2. The summed E-state index contributed by atoms with van der Waals surface area (Å²) >= 11 is 3.65. The lowest BCUT2D eigenvalue weighted by molar-refractivity contribution is 0.472. The van der Waals surface area contributed by atoms with Crippen molar-refractivity contribution in [3.63, 3.8) is 0 Å². The predicted octanol–water partition coefficient (Wildman–Crippen LogP) is 3.28. The van der Waals surface area contributed by atoms with Crippen LogP contribution < -0.4 is 5.32 Å². The molecule has 0 aliphatic heterocycles. The number of anilines is 1. The van der Waals surface area contributed by atoms with Crippen LogP contribution in [0.5, 0.6) is 0 Å². The van der Waals surface area contributed by atoms with Gasteiger partial charge in [0.1, 0.15) is 17.2 Å². The number of hydrogen-bond acceptors (Lipinski definition) is 5. The van der Waals surface area contributed by atoms with E-state index in [1.807, 2.05) is 24.1 Å². The van der Waals surface area contributed by atoms with Crippen LogP contribution in [0.25, 0.3) is 0 Å². The summed E-state index contributed by atoms with van der Waals surface area (Å²) in [5, 5.41) is 5.38. The van der Waals surface area contributed by atoms with Crippen molar-refractivity contribution in [3.05, 3.63) is 12.4 Å². The number of nitrogens with one attached hydrogen (secondary N) is 1. The van der Waals surface area contributed by atoms with E-state index in [0.29, 0.717) is 6.04 Å². The minimum absolute atomic E-state index is 0.575. The van der Waals surface area contributed by atoms with Crippen molar-refractivity contribution in [2.24, 2.45) is 0 Å². The van der Waals surface area contributed by atoms with Crippen LogP contribution >= 0.6 is 23.5 Å². The van der Waals surface area contributed by atoms with Gasteiger partial charge >= 0.3 is 0 Å². The molecular formula is C12H19N3S2. The van der Waals surface area contributed by atoms with Gasteiger partial charge in [-0.3, -0.25) is 0 Å². The third-order valence-corrected chi connectivity index (χ3v) is 4.90. The van der Waals surface area contributed by atoms with Crippen molar-refractivity contribution in [1.29, 1.82) is 0 Å². The van der Waals surface area contributed by atoms with E-state index < -0.39 is 0 Å². The van der Waals surface area contributed by atoms with Crippen LogP contribution in [0, 0.1) is 0 Å². The molecule has 0 amide bonds. The topological polar surface area (TPSA) is 37.8 Å². The lowest BCUT2D eigenvalue weighted by Gasteiger charge is -2.29. The van der Waals surface area contributed by atoms with E-state index in [-0.39, 0.29) is 0 Å². The van der Waals surface area contributed by atoms with Crippen LogP contribution in [-0.4, -0.2) is 33.8 Å². The molecule has 1 aromatic rings. The summed E-state index contributed by atoms with van der Waals surface area (Å²) in [4.78, 5) is 8.48. The Morgan fingerprint density at radius 2 is 2.18 bits per heavy atom. The highest BCUT2D eigenvalue weighted by Crippen LogP contribution is 2.28. The average Bonchev–Trinajstić information content (AvgIpc) is 2.39. The first kappa shape index (κ1) is 13.0. The van der Waals surface area contributed by atoms with Gasteiger partial charge in [0.2, 0.25) is 0 Å². The molecule has 94 valence electrons. The van der Waals surface area contributed by atoms with Crippen molar-refractivity contribution < 1.29 is 0 Å². The van der Waals surface area contributed by atoms with Gasteiger partial charge in [0, 0.05) is 17.4 Å². The predicted molar refractivity (Wildman–Crippen MR) is 77.0 cm³/mol. The second-order valence-corrected chi connectivity index (χ2v) is 6.28. The third-order valence-electron chi connectivity index (χ3n) is 3.16. The Morgan fingerprint density at radius 1 is 1.29 bits per heavy atom. The maximum Gasteiger partial charge on any atom is 0.130 e. The number of hydrogen-bond donors (Lipinski definition) is 1. The molecule has 0 radical (unpaired) electrons. The van der Waals surface area contributed by atoms with Crippen molar-refractivity contribution in [1.82, 2.24) is 9.97 Å². The van der Waals surface area contributed by atoms with Crippen LogP contribution in [0.4, 0.5) is 5.82 Å². The van der Waals surface area contributed by atoms with Crippen molar-refractivity contribution >= 4 is 29.3 Å². The zero-order valence-corrected chi connectivity index (χ0v) is 12.0. The maximum atomic E-state index is 4.29. The molecule has 0 aromatic carbocycles. The first-order chi connectivity index (χ1) is 8.31. The van der Waals surface area contributed by atoms with Crippen LogP contribution in [0.3, 0.4) is 0 Å². The zero-order chi connectivity index (χ0) is 12.1. The minimum atomic E-state index is 0.575. The molecule has 0 spiro atoms. The van der Waals surface area contributed by atoms with Gasteiger partial charge in [-0.2, -0.15) is 11.8 Å². The molecule has 0 bridgehead atoms. The fraction of sp³-hybridized carbons (Fsp3) is 0.667. The fourth-order valence-electron chi connectivity index (χ4n) is 2.23. The molecule has 1 saturated carbocycles. The Kier molecular flexibility index (Phi) is 4.98. The highest BCUT2D eigenvalue weighted by atomic mass is 32.2. The highest BCUT2D eigenvalue weighted by molar-refractivity contribution is 7.99. The van der Waals surface area contributed by atoms with Crippen molar-refractivity contribution in [2.75, 3.05) is 17.8 Å². The smallest absolute Gasteiger partial charge is 0.130 e. The molecule has 17 heavy (non-hydrogen) atoms. The van der Waals surface area contributed by atoms with Crippen molar-refractivity contribution in [2.45, 2.75) is 42.0 Å². The Hall–Kier alpha value is -0.420. The van der Waals surface area contributed by atoms with E-state index in [9.17, 15) is 0 Å². The molecule has 1 aliphatic rings. The van der Waals surface area contributed by atoms with E-state index in [2.05, 4.69) is 21.5 Å². The normalized spacial score (nSPS) is 24.6. The third kappa shape index (κ3) is 3.78. The second kappa shape index (κ2) is 6.50. The van der Waals surface area contributed by atoms with Gasteiger partial charge < -0.3 is 5.32 Å². The lowest BCUT2D eigenvalue weighted by atomic mass is 9.95. The van der Waals surface area contributed by atoms with E-state index >= 15 is 0 Å². The van der Waals surface area contributed by atoms with Gasteiger partial charge in [0.25, 0.3) is 0 Å². The molecule has 1 aromatic heterocycles. The Labute approximate surface area is 112 Å². The molecule has 0 saturated heterocycles. The summed E-state index contributed by atoms with van der Waals surface area (Å²) in [7, 11) is 0. The van der Waals surface area contributed by atoms with Gasteiger partial charge in [0.05, 0.1) is 0 Å².